The summed E-state index contributed by atoms with van der Waals surface area (Å²) in [6.07, 6.45) is 1.84. The van der Waals surface area contributed by atoms with E-state index in [-0.39, 0.29) is 12.7 Å². The molecule has 6 nitrogen and oxygen atoms in total. The minimum Gasteiger partial charge on any atom is -0.454 e. The number of hydrogen-bond acceptors (Lipinski definition) is 6. The van der Waals surface area contributed by atoms with Crippen LogP contribution in [0.15, 0.2) is 28.1 Å². The number of fused-ring (bicyclic) bond motifs is 1. The smallest absolute Gasteiger partial charge is 0.286 e. The van der Waals surface area contributed by atoms with E-state index < -0.39 is 0 Å². The summed E-state index contributed by atoms with van der Waals surface area (Å²) in [5.74, 6) is 1.25. The first kappa shape index (κ1) is 13.7. The van der Waals surface area contributed by atoms with Gasteiger partial charge >= 0.3 is 0 Å². The first-order valence-corrected chi connectivity index (χ1v) is 7.86. The second-order valence-electron chi connectivity index (χ2n) is 5.02. The van der Waals surface area contributed by atoms with E-state index in [0.29, 0.717) is 23.9 Å². The number of amides is 1. The third kappa shape index (κ3) is 2.57. The van der Waals surface area contributed by atoms with Crippen LogP contribution in [0.5, 0.6) is 11.5 Å². The van der Waals surface area contributed by atoms with Crippen LogP contribution in [-0.4, -0.2) is 49.1 Å². The van der Waals surface area contributed by atoms with Gasteiger partial charge in [0.05, 0.1) is 18.1 Å². The van der Waals surface area contributed by atoms with Crippen molar-refractivity contribution < 1.29 is 19.0 Å². The maximum atomic E-state index is 12.1. The molecule has 0 radical (unpaired) electrons. The number of amidine groups is 1. The first-order valence-electron chi connectivity index (χ1n) is 7.04. The quantitative estimate of drug-likeness (QED) is 0.735. The largest absolute Gasteiger partial charge is 0.454 e. The lowest BCUT2D eigenvalue weighted by Gasteiger charge is -2.27. The van der Waals surface area contributed by atoms with Gasteiger partial charge in [0.2, 0.25) is 6.79 Å². The van der Waals surface area contributed by atoms with Gasteiger partial charge < -0.3 is 19.1 Å². The molecule has 0 aromatic heterocycles. The Kier molecular flexibility index (Phi) is 3.51. The van der Waals surface area contributed by atoms with E-state index in [1.54, 1.807) is 0 Å². The maximum absolute atomic E-state index is 12.1. The van der Waals surface area contributed by atoms with Crippen molar-refractivity contribution in [3.05, 3.63) is 28.7 Å². The Labute approximate surface area is 131 Å². The minimum absolute atomic E-state index is 0.191. The number of aliphatic imine (C=N–C) groups is 1. The number of hydrogen-bond donors (Lipinski definition) is 0. The van der Waals surface area contributed by atoms with E-state index in [1.807, 2.05) is 24.3 Å². The molecule has 3 aliphatic rings. The fourth-order valence-electron chi connectivity index (χ4n) is 2.44. The highest BCUT2D eigenvalue weighted by Gasteiger charge is 2.27. The topological polar surface area (TPSA) is 60.4 Å². The lowest BCUT2D eigenvalue weighted by molar-refractivity contribution is -0.113. The van der Waals surface area contributed by atoms with Gasteiger partial charge in [0.1, 0.15) is 0 Å². The third-order valence-electron chi connectivity index (χ3n) is 3.59. The van der Waals surface area contributed by atoms with Gasteiger partial charge in [-0.2, -0.15) is 4.99 Å². The van der Waals surface area contributed by atoms with Gasteiger partial charge in [-0.3, -0.25) is 4.79 Å². The molecule has 3 aliphatic heterocycles. The molecule has 1 saturated heterocycles. The number of nitrogens with zero attached hydrogens (tertiary/aromatic N) is 2. The number of ether oxygens (including phenoxy) is 3. The van der Waals surface area contributed by atoms with Crippen molar-refractivity contribution in [2.45, 2.75) is 0 Å². The lowest BCUT2D eigenvalue weighted by Crippen LogP contribution is -2.38. The highest BCUT2D eigenvalue weighted by molar-refractivity contribution is 8.18. The maximum Gasteiger partial charge on any atom is 0.286 e. The normalized spacial score (nSPS) is 22.4. The zero-order valence-corrected chi connectivity index (χ0v) is 12.6. The molecule has 1 fully saturated rings. The van der Waals surface area contributed by atoms with Crippen molar-refractivity contribution in [2.24, 2.45) is 4.99 Å². The van der Waals surface area contributed by atoms with Gasteiger partial charge in [-0.15, -0.1) is 0 Å². The van der Waals surface area contributed by atoms with Crippen LogP contribution in [0.4, 0.5) is 0 Å². The number of carbonyl (C=O) groups excluding carboxylic acids is 1. The van der Waals surface area contributed by atoms with E-state index in [4.69, 9.17) is 14.2 Å². The Hall–Kier alpha value is -1.99. The summed E-state index contributed by atoms with van der Waals surface area (Å²) in [6, 6.07) is 5.62. The standard InChI is InChI=1S/C15H14N2O4S/c18-14-13(22-15(16-14)17-3-5-19-6-4-17)8-10-1-2-11-12(7-10)21-9-20-11/h1-2,7-8H,3-6,9H2. The second kappa shape index (κ2) is 5.66. The summed E-state index contributed by atoms with van der Waals surface area (Å²) >= 11 is 1.41. The van der Waals surface area contributed by atoms with Crippen molar-refractivity contribution in [3.8, 4) is 11.5 Å². The number of carbonyl (C=O) groups is 1. The summed E-state index contributed by atoms with van der Waals surface area (Å²) in [6.45, 7) is 3.14. The summed E-state index contributed by atoms with van der Waals surface area (Å²) < 4.78 is 16.0. The van der Waals surface area contributed by atoms with Gasteiger partial charge in [-0.25, -0.2) is 0 Å². The van der Waals surface area contributed by atoms with Crippen LogP contribution in [0.3, 0.4) is 0 Å². The highest BCUT2D eigenvalue weighted by atomic mass is 32.2. The van der Waals surface area contributed by atoms with Crippen LogP contribution in [0.25, 0.3) is 6.08 Å². The van der Waals surface area contributed by atoms with Crippen molar-refractivity contribution in [1.29, 1.82) is 0 Å². The van der Waals surface area contributed by atoms with Crippen molar-refractivity contribution in [2.75, 3.05) is 33.1 Å². The predicted molar refractivity (Wildman–Crippen MR) is 83.0 cm³/mol. The van der Waals surface area contributed by atoms with Crippen LogP contribution in [0.1, 0.15) is 5.56 Å². The predicted octanol–water partition coefficient (Wildman–Crippen LogP) is 1.72. The molecule has 0 spiro atoms. The Morgan fingerprint density at radius 1 is 1.18 bits per heavy atom. The molecule has 1 aromatic rings. The number of thioether (sulfide) groups is 1. The van der Waals surface area contributed by atoms with Gasteiger partial charge in [0.25, 0.3) is 5.91 Å². The molecule has 7 heteroatoms. The zero-order chi connectivity index (χ0) is 14.9. The molecule has 22 heavy (non-hydrogen) atoms. The molecule has 1 aromatic carbocycles. The average Bonchev–Trinajstić information content (AvgIpc) is 3.15. The summed E-state index contributed by atoms with van der Waals surface area (Å²) in [5, 5.41) is 0.764. The van der Waals surface area contributed by atoms with Gasteiger partial charge in [0, 0.05) is 13.1 Å². The summed E-state index contributed by atoms with van der Waals surface area (Å²) in [7, 11) is 0. The van der Waals surface area contributed by atoms with Crippen LogP contribution in [-0.2, 0) is 9.53 Å². The molecular weight excluding hydrogens is 304 g/mol. The van der Waals surface area contributed by atoms with E-state index in [0.717, 1.165) is 29.6 Å². The number of benzene rings is 1. The molecule has 114 valence electrons. The zero-order valence-electron chi connectivity index (χ0n) is 11.8. The fraction of sp³-hybridized carbons (Fsp3) is 0.333. The van der Waals surface area contributed by atoms with E-state index in [1.165, 1.54) is 11.8 Å². The third-order valence-corrected chi connectivity index (χ3v) is 4.63. The van der Waals surface area contributed by atoms with E-state index in [2.05, 4.69) is 9.89 Å². The van der Waals surface area contributed by atoms with Crippen LogP contribution in [0, 0.1) is 0 Å². The minimum atomic E-state index is -0.191. The molecular formula is C15H14N2O4S. The lowest BCUT2D eigenvalue weighted by atomic mass is 10.2. The van der Waals surface area contributed by atoms with Crippen molar-refractivity contribution in [1.82, 2.24) is 4.90 Å². The SMILES string of the molecule is O=C1N=C(N2CCOCC2)SC1=Cc1ccc2c(c1)OCO2. The fourth-order valence-corrected chi connectivity index (χ4v) is 3.41. The molecule has 0 bridgehead atoms. The Morgan fingerprint density at radius 3 is 2.86 bits per heavy atom. The number of rotatable bonds is 1. The molecule has 0 unspecified atom stereocenters. The first-order chi connectivity index (χ1) is 10.8. The van der Waals surface area contributed by atoms with Crippen LogP contribution in [0.2, 0.25) is 0 Å². The monoisotopic (exact) mass is 318 g/mol. The average molecular weight is 318 g/mol. The second-order valence-corrected chi connectivity index (χ2v) is 6.03. The van der Waals surface area contributed by atoms with E-state index in [9.17, 15) is 4.79 Å². The molecule has 1 amide bonds. The van der Waals surface area contributed by atoms with Crippen molar-refractivity contribution >= 4 is 28.9 Å². The Balaban J connectivity index is 1.53. The molecule has 4 rings (SSSR count). The van der Waals surface area contributed by atoms with E-state index >= 15 is 0 Å². The highest BCUT2D eigenvalue weighted by Crippen LogP contribution is 2.35. The van der Waals surface area contributed by atoms with Gasteiger partial charge in [-0.1, -0.05) is 6.07 Å². The van der Waals surface area contributed by atoms with Gasteiger partial charge in [-0.05, 0) is 35.5 Å². The molecule has 0 aliphatic carbocycles. The molecule has 3 heterocycles. The number of morpholine rings is 1. The van der Waals surface area contributed by atoms with Crippen LogP contribution >= 0.6 is 11.8 Å². The Bertz CT molecular complexity index is 680. The van der Waals surface area contributed by atoms with Gasteiger partial charge in [0.15, 0.2) is 16.7 Å². The Morgan fingerprint density at radius 2 is 2.00 bits per heavy atom. The molecule has 0 saturated carbocycles. The summed E-state index contributed by atoms with van der Waals surface area (Å²) in [5.41, 5.74) is 0.901. The molecule has 0 N–H and O–H groups in total. The van der Waals surface area contributed by atoms with Crippen molar-refractivity contribution in [3.63, 3.8) is 0 Å². The molecule has 0 atom stereocenters. The van der Waals surface area contributed by atoms with Crippen LogP contribution < -0.4 is 9.47 Å². The summed E-state index contributed by atoms with van der Waals surface area (Å²) in [4.78, 5) is 18.9.